The molecule has 0 radical (unpaired) electrons. The molecule has 1 aliphatic rings. The number of thioether (sulfide) groups is 1. The molecular formula is C63H99N17O13S. The second kappa shape index (κ2) is 39.9. The molecule has 0 saturated carbocycles. The fraction of sp³-hybridized carbons (Fsp3) is 0.587. The number of nitrogens with two attached hydrogens (primary N) is 6. The summed E-state index contributed by atoms with van der Waals surface area (Å²) in [5, 5.41) is 42.2. The lowest BCUT2D eigenvalue weighted by Crippen LogP contribution is -2.61. The number of aromatic hydroxyl groups is 1. The molecule has 10 amide bonds. The molecule has 520 valence electrons. The first-order chi connectivity index (χ1) is 44.7. The van der Waals surface area contributed by atoms with E-state index in [2.05, 4.69) is 52.5 Å². The highest BCUT2D eigenvalue weighted by molar-refractivity contribution is 7.98. The number of fused-ring (bicyclic) bond motifs is 1. The zero-order valence-corrected chi connectivity index (χ0v) is 55.2. The van der Waals surface area contributed by atoms with Crippen molar-refractivity contribution < 1.29 is 63.0 Å². The smallest absolute Gasteiger partial charge is 0.326 e. The summed E-state index contributed by atoms with van der Waals surface area (Å²) in [7, 11) is 0. The van der Waals surface area contributed by atoms with E-state index in [-0.39, 0.29) is 88.6 Å². The second-order valence-corrected chi connectivity index (χ2v) is 25.3. The Bertz CT molecular complexity index is 3050. The Balaban J connectivity index is 1.66. The number of unbranched alkanes of at least 4 members (excludes halogenated alkanes) is 2. The van der Waals surface area contributed by atoms with Gasteiger partial charge >= 0.3 is 5.97 Å². The number of carbonyl (C=O) groups is 11. The van der Waals surface area contributed by atoms with Gasteiger partial charge in [-0.1, -0.05) is 58.0 Å². The molecule has 94 heavy (non-hydrogen) atoms. The van der Waals surface area contributed by atoms with Crippen LogP contribution in [0, 0.1) is 11.8 Å². The monoisotopic (exact) mass is 1330 g/mol. The van der Waals surface area contributed by atoms with Gasteiger partial charge in [0.2, 0.25) is 59.1 Å². The number of benzene rings is 2. The molecule has 23 N–H and O–H groups in total. The van der Waals surface area contributed by atoms with Gasteiger partial charge in [-0.2, -0.15) is 11.8 Å². The van der Waals surface area contributed by atoms with Gasteiger partial charge in [0.15, 0.2) is 5.96 Å². The van der Waals surface area contributed by atoms with Crippen LogP contribution < -0.4 is 76.9 Å². The predicted molar refractivity (Wildman–Crippen MR) is 356 cm³/mol. The van der Waals surface area contributed by atoms with Gasteiger partial charge < -0.3 is 97.0 Å². The van der Waals surface area contributed by atoms with E-state index in [0.29, 0.717) is 72.9 Å². The maximum absolute atomic E-state index is 14.9. The lowest BCUT2D eigenvalue weighted by Gasteiger charge is -2.30. The maximum Gasteiger partial charge on any atom is 0.326 e. The number of carbonyl (C=O) groups excluding carboxylic acids is 10. The van der Waals surface area contributed by atoms with Crippen LogP contribution in [-0.4, -0.2) is 190 Å². The molecule has 1 aromatic heterocycles. The van der Waals surface area contributed by atoms with E-state index in [1.54, 1.807) is 52.1 Å². The van der Waals surface area contributed by atoms with Crippen molar-refractivity contribution >= 4 is 93.7 Å². The first-order valence-electron chi connectivity index (χ1n) is 32.0. The maximum atomic E-state index is 14.9. The van der Waals surface area contributed by atoms with Gasteiger partial charge in [-0.05, 0) is 143 Å². The average Bonchev–Trinajstić information content (AvgIpc) is 1.61. The zero-order valence-electron chi connectivity index (χ0n) is 54.4. The largest absolute Gasteiger partial charge is 0.508 e. The lowest BCUT2D eigenvalue weighted by molar-refractivity contribution is -0.149. The van der Waals surface area contributed by atoms with Crippen LogP contribution in [-0.2, 0) is 65.6 Å². The van der Waals surface area contributed by atoms with E-state index in [9.17, 15) is 63.0 Å². The number of aromatic amines is 1. The quantitative estimate of drug-likeness (QED) is 0.0176. The molecule has 2 heterocycles. The van der Waals surface area contributed by atoms with E-state index >= 15 is 0 Å². The number of nitrogens with zero attached hydrogens (tertiary/aromatic N) is 2. The number of aliphatic carboxylic acids is 1. The molecule has 10 atom stereocenters. The Labute approximate surface area is 552 Å². The lowest BCUT2D eigenvalue weighted by atomic mass is 9.98. The molecule has 3 aromatic rings. The van der Waals surface area contributed by atoms with E-state index in [4.69, 9.17) is 34.4 Å². The van der Waals surface area contributed by atoms with Gasteiger partial charge in [0.05, 0.1) is 12.5 Å². The minimum Gasteiger partial charge on any atom is -0.508 e. The average molecular weight is 1330 g/mol. The summed E-state index contributed by atoms with van der Waals surface area (Å²) in [6.45, 7) is 7.53. The Kier molecular flexibility index (Phi) is 33.0. The number of hydrogen-bond acceptors (Lipinski definition) is 17. The molecule has 1 aliphatic heterocycles. The number of H-pyrrole nitrogens is 1. The fourth-order valence-corrected chi connectivity index (χ4v) is 11.3. The summed E-state index contributed by atoms with van der Waals surface area (Å²) in [4.78, 5) is 162. The molecule has 0 spiro atoms. The van der Waals surface area contributed by atoms with Crippen LogP contribution in [0.3, 0.4) is 0 Å². The summed E-state index contributed by atoms with van der Waals surface area (Å²) >= 11 is 1.51. The normalized spacial score (nSPS) is 15.8. The Morgan fingerprint density at radius 1 is 0.628 bits per heavy atom. The van der Waals surface area contributed by atoms with Crippen molar-refractivity contribution in [3.05, 3.63) is 65.9 Å². The fourth-order valence-electron chi connectivity index (χ4n) is 10.8. The van der Waals surface area contributed by atoms with Crippen LogP contribution in [0.25, 0.3) is 10.9 Å². The molecule has 1 saturated heterocycles. The second-order valence-electron chi connectivity index (χ2n) is 24.3. The van der Waals surface area contributed by atoms with Crippen LogP contribution in [0.2, 0.25) is 0 Å². The number of carboxylic acid groups (broad SMARTS) is 1. The van der Waals surface area contributed by atoms with Crippen molar-refractivity contribution in [3.63, 3.8) is 0 Å². The number of nitrogens with one attached hydrogen (secondary N) is 9. The molecule has 4 rings (SSSR count). The first-order valence-corrected chi connectivity index (χ1v) is 33.3. The number of guanidine groups is 1. The van der Waals surface area contributed by atoms with E-state index in [1.807, 2.05) is 12.3 Å². The topological polar surface area (TPSA) is 512 Å². The number of rotatable bonds is 42. The van der Waals surface area contributed by atoms with Crippen molar-refractivity contribution in [1.29, 1.82) is 0 Å². The predicted octanol–water partition coefficient (Wildman–Crippen LogP) is -1.42. The summed E-state index contributed by atoms with van der Waals surface area (Å²) < 4.78 is 0. The number of amides is 10. The van der Waals surface area contributed by atoms with Gasteiger partial charge in [0, 0.05) is 43.0 Å². The highest BCUT2D eigenvalue weighted by atomic mass is 32.2. The number of phenols is 1. The number of primary amides is 1. The minimum atomic E-state index is -1.78. The third-order valence-corrected chi connectivity index (χ3v) is 16.5. The summed E-state index contributed by atoms with van der Waals surface area (Å²) in [5.41, 5.74) is 36.3. The van der Waals surface area contributed by atoms with Crippen molar-refractivity contribution in [2.75, 3.05) is 38.2 Å². The van der Waals surface area contributed by atoms with Gasteiger partial charge in [0.25, 0.3) is 0 Å². The van der Waals surface area contributed by atoms with Crippen LogP contribution in [0.1, 0.15) is 122 Å². The standard InChI is InChI=1S/C63H99N17O13S/c1-35(2)30-46(57(87)76-48(33-51(67)82)59(89)74-45(18-12-27-70-63(68)69)55(85)78-49(31-37-20-22-39(81)23-21-37)61(91)80-28-13-19-50(80)62(92)93)75-58(88)47(32-38-34-71-42-15-7-6-14-40(38)42)77-60(90)52(36(3)4)79-56(86)44(17-9-11-26-65)73-54(84)43(16-8-10-25-64)72-53(83)41(66)24-29-94-5/h6-7,14-15,20-23,34-36,41,43-50,52,71,81H,8-13,16-19,24-33,64-66H2,1-5H3,(H2,67,82)(H,72,83)(H,73,84)(H,74,89)(H,75,88)(H,76,87)(H,77,90)(H,78,85)(H,79,86)(H,92,93)(H4,68,69,70)/t41-,43-,44-,45-,46-,47-,48-,49-,50-,52-/m0/s1. The summed E-state index contributed by atoms with van der Waals surface area (Å²) in [6.07, 6.45) is 5.35. The van der Waals surface area contributed by atoms with Crippen LogP contribution in [0.4, 0.5) is 0 Å². The molecule has 31 heteroatoms. The SMILES string of the molecule is CSCC[C@H](N)C(=O)N[C@@H](CCCCN)C(=O)N[C@@H](CCCCN)C(=O)N[C@H](C(=O)N[C@@H](Cc1c[nH]c2ccccc12)C(=O)N[C@@H](CC(C)C)C(=O)N[C@@H](CC(N)=O)C(=O)N[C@@H](CCCN=C(N)N)C(=O)N[C@@H](Cc1ccc(O)cc1)C(=O)N1CCC[C@H]1C(=O)O)C(C)C. The van der Waals surface area contributed by atoms with E-state index in [0.717, 1.165) is 4.90 Å². The molecule has 0 unspecified atom stereocenters. The number of hydrogen-bond donors (Lipinski definition) is 17. The van der Waals surface area contributed by atoms with Crippen LogP contribution in [0.5, 0.6) is 5.75 Å². The number of carboxylic acids is 1. The Morgan fingerprint density at radius 2 is 1.15 bits per heavy atom. The third-order valence-electron chi connectivity index (χ3n) is 15.9. The molecule has 2 aromatic carbocycles. The van der Waals surface area contributed by atoms with Crippen molar-refractivity contribution in [3.8, 4) is 5.75 Å². The highest BCUT2D eigenvalue weighted by Gasteiger charge is 2.40. The Hall–Kier alpha value is -8.55. The number of para-hydroxylation sites is 1. The molecule has 0 bridgehead atoms. The minimum absolute atomic E-state index is 0.0243. The Morgan fingerprint density at radius 3 is 1.71 bits per heavy atom. The van der Waals surface area contributed by atoms with E-state index in [1.165, 1.54) is 36.0 Å². The molecule has 30 nitrogen and oxygen atoms in total. The number of phenolic OH excluding ortho intramolecular Hbond substituents is 1. The number of aliphatic imine (C=N–C) groups is 1. The summed E-state index contributed by atoms with van der Waals surface area (Å²) in [5.74, 6) is -10.3. The molecular weight excluding hydrogens is 1230 g/mol. The zero-order chi connectivity index (χ0) is 69.6. The van der Waals surface area contributed by atoms with Crippen LogP contribution in [0.15, 0.2) is 59.7 Å². The molecule has 0 aliphatic carbocycles. The van der Waals surface area contributed by atoms with Crippen molar-refractivity contribution in [2.24, 2.45) is 51.2 Å². The molecule has 1 fully saturated rings. The van der Waals surface area contributed by atoms with Gasteiger partial charge in [-0.15, -0.1) is 0 Å². The van der Waals surface area contributed by atoms with Gasteiger partial charge in [-0.3, -0.25) is 52.9 Å². The summed E-state index contributed by atoms with van der Waals surface area (Å²) in [6, 6.07) is -0.317. The van der Waals surface area contributed by atoms with E-state index < -0.39 is 138 Å². The van der Waals surface area contributed by atoms with Crippen LogP contribution >= 0.6 is 11.8 Å². The first kappa shape index (κ1) is 77.9. The van der Waals surface area contributed by atoms with Crippen molar-refractivity contribution in [2.45, 2.75) is 184 Å². The van der Waals surface area contributed by atoms with Gasteiger partial charge in [0.1, 0.15) is 60.1 Å². The van der Waals surface area contributed by atoms with Crippen molar-refractivity contribution in [1.82, 2.24) is 52.4 Å². The third kappa shape index (κ3) is 25.7. The number of likely N-dealkylation sites (tertiary alicyclic amines) is 1. The number of aromatic nitrogens is 1. The highest BCUT2D eigenvalue weighted by Crippen LogP contribution is 2.23. The van der Waals surface area contributed by atoms with Gasteiger partial charge in [-0.25, -0.2) is 4.79 Å².